The van der Waals surface area contributed by atoms with E-state index in [0.29, 0.717) is 0 Å². The van der Waals surface area contributed by atoms with Crippen LogP contribution in [-0.4, -0.2) is 7.11 Å². The summed E-state index contributed by atoms with van der Waals surface area (Å²) in [5.41, 5.74) is 1.20. The van der Waals surface area contributed by atoms with Gasteiger partial charge in [0.15, 0.2) is 11.5 Å². The van der Waals surface area contributed by atoms with Crippen LogP contribution in [0.3, 0.4) is 0 Å². The van der Waals surface area contributed by atoms with E-state index in [2.05, 4.69) is 19.1 Å². The molecule has 0 saturated heterocycles. The van der Waals surface area contributed by atoms with E-state index in [9.17, 15) is 0 Å². The van der Waals surface area contributed by atoms with Crippen LogP contribution in [0.1, 0.15) is 45.3 Å². The van der Waals surface area contributed by atoms with E-state index < -0.39 is 0 Å². The fourth-order valence-electron chi connectivity index (χ4n) is 2.09. The van der Waals surface area contributed by atoms with E-state index >= 15 is 0 Å². The summed E-state index contributed by atoms with van der Waals surface area (Å²) in [6.45, 7) is 6.17. The summed E-state index contributed by atoms with van der Waals surface area (Å²) in [5, 5.41) is 0. The average molecular weight is 286 g/mol. The Morgan fingerprint density at radius 2 is 1.43 bits per heavy atom. The van der Waals surface area contributed by atoms with Crippen molar-refractivity contribution in [2.75, 3.05) is 7.11 Å². The highest BCUT2D eigenvalue weighted by molar-refractivity contribution is 5.40. The van der Waals surface area contributed by atoms with Gasteiger partial charge in [-0.3, -0.25) is 0 Å². The molecule has 0 amide bonds. The van der Waals surface area contributed by atoms with Crippen molar-refractivity contribution in [2.24, 2.45) is 0 Å². The van der Waals surface area contributed by atoms with Gasteiger partial charge in [-0.05, 0) is 24.1 Å². The van der Waals surface area contributed by atoms with Crippen LogP contribution in [0.25, 0.3) is 0 Å². The van der Waals surface area contributed by atoms with Crippen LogP contribution in [0, 0.1) is 0 Å². The summed E-state index contributed by atoms with van der Waals surface area (Å²) in [7, 11) is 1.67. The van der Waals surface area contributed by atoms with Gasteiger partial charge in [0.25, 0.3) is 0 Å². The Labute approximate surface area is 128 Å². The molecule has 0 aliphatic heterocycles. The highest BCUT2D eigenvalue weighted by Gasteiger charge is 2.14. The van der Waals surface area contributed by atoms with E-state index in [-0.39, 0.29) is 6.10 Å². The van der Waals surface area contributed by atoms with E-state index in [0.717, 1.165) is 24.3 Å². The molecule has 2 rings (SSSR count). The Hall–Kier alpha value is -1.96. The molecule has 0 aromatic heterocycles. The van der Waals surface area contributed by atoms with Crippen LogP contribution in [0.2, 0.25) is 0 Å². The third kappa shape index (κ3) is 5.14. The molecule has 0 N–H and O–H groups in total. The van der Waals surface area contributed by atoms with Crippen LogP contribution >= 0.6 is 0 Å². The van der Waals surface area contributed by atoms with Crippen LogP contribution in [-0.2, 0) is 0 Å². The molecule has 0 spiro atoms. The second kappa shape index (κ2) is 9.87. The van der Waals surface area contributed by atoms with Gasteiger partial charge < -0.3 is 9.47 Å². The molecule has 21 heavy (non-hydrogen) atoms. The molecular formula is C19H26O2. The van der Waals surface area contributed by atoms with Crippen molar-refractivity contribution in [3.8, 4) is 11.5 Å². The number of ether oxygens (including phenoxy) is 2. The van der Waals surface area contributed by atoms with E-state index in [1.165, 1.54) is 5.56 Å². The van der Waals surface area contributed by atoms with Crippen LogP contribution < -0.4 is 9.47 Å². The van der Waals surface area contributed by atoms with Crippen molar-refractivity contribution < 1.29 is 9.47 Å². The second-order valence-corrected chi connectivity index (χ2v) is 4.46. The molecule has 2 aromatic carbocycles. The summed E-state index contributed by atoms with van der Waals surface area (Å²) < 4.78 is 11.5. The van der Waals surface area contributed by atoms with Crippen molar-refractivity contribution in [2.45, 2.75) is 39.7 Å². The molecule has 1 atom stereocenters. The van der Waals surface area contributed by atoms with Gasteiger partial charge in [-0.15, -0.1) is 0 Å². The maximum Gasteiger partial charge on any atom is 0.162 e. The lowest BCUT2D eigenvalue weighted by atomic mass is 10.1. The lowest BCUT2D eigenvalue weighted by Gasteiger charge is -2.20. The molecule has 0 fully saturated rings. The SMILES string of the molecule is CC.CCCC(Oc1ccccc1OC)c1ccccc1. The minimum atomic E-state index is 0.0718. The van der Waals surface area contributed by atoms with Gasteiger partial charge >= 0.3 is 0 Å². The maximum atomic E-state index is 6.14. The summed E-state index contributed by atoms with van der Waals surface area (Å²) >= 11 is 0. The summed E-state index contributed by atoms with van der Waals surface area (Å²) in [6, 6.07) is 18.1. The van der Waals surface area contributed by atoms with Crippen LogP contribution in [0.4, 0.5) is 0 Å². The molecule has 2 nitrogen and oxygen atoms in total. The zero-order chi connectivity index (χ0) is 15.5. The van der Waals surface area contributed by atoms with Gasteiger partial charge in [0.1, 0.15) is 6.10 Å². The van der Waals surface area contributed by atoms with E-state index in [1.54, 1.807) is 7.11 Å². The fraction of sp³-hybridized carbons (Fsp3) is 0.368. The van der Waals surface area contributed by atoms with Crippen molar-refractivity contribution >= 4 is 0 Å². The minimum Gasteiger partial charge on any atom is -0.493 e. The normalized spacial score (nSPS) is 11.0. The van der Waals surface area contributed by atoms with Gasteiger partial charge in [0.05, 0.1) is 7.11 Å². The molecular weight excluding hydrogens is 260 g/mol. The Morgan fingerprint density at radius 1 is 0.857 bits per heavy atom. The maximum absolute atomic E-state index is 6.14. The number of rotatable bonds is 6. The molecule has 0 bridgehead atoms. The van der Waals surface area contributed by atoms with Crippen LogP contribution in [0.15, 0.2) is 54.6 Å². The van der Waals surface area contributed by atoms with Gasteiger partial charge in [-0.2, -0.15) is 0 Å². The third-order valence-electron chi connectivity index (χ3n) is 3.06. The smallest absolute Gasteiger partial charge is 0.162 e. The second-order valence-electron chi connectivity index (χ2n) is 4.46. The number of para-hydroxylation sites is 2. The predicted molar refractivity (Wildman–Crippen MR) is 89.1 cm³/mol. The monoisotopic (exact) mass is 286 g/mol. The molecule has 0 radical (unpaired) electrons. The summed E-state index contributed by atoms with van der Waals surface area (Å²) in [5.74, 6) is 1.58. The highest BCUT2D eigenvalue weighted by atomic mass is 16.5. The zero-order valence-corrected chi connectivity index (χ0v) is 13.5. The Kier molecular flexibility index (Phi) is 8.03. The zero-order valence-electron chi connectivity index (χ0n) is 13.5. The fourth-order valence-corrected chi connectivity index (χ4v) is 2.09. The first-order valence-corrected chi connectivity index (χ1v) is 7.69. The summed E-state index contributed by atoms with van der Waals surface area (Å²) in [6.07, 6.45) is 2.14. The van der Waals surface area contributed by atoms with E-state index in [4.69, 9.17) is 9.47 Å². The van der Waals surface area contributed by atoms with Gasteiger partial charge in [-0.25, -0.2) is 0 Å². The van der Waals surface area contributed by atoms with Crippen molar-refractivity contribution in [3.05, 3.63) is 60.2 Å². The first kappa shape index (κ1) is 17.1. The Balaban J connectivity index is 0.00000106. The molecule has 1 unspecified atom stereocenters. The molecule has 0 aliphatic carbocycles. The first-order valence-electron chi connectivity index (χ1n) is 7.69. The molecule has 0 saturated carbocycles. The van der Waals surface area contributed by atoms with Crippen molar-refractivity contribution in [1.29, 1.82) is 0 Å². The quantitative estimate of drug-likeness (QED) is 0.684. The molecule has 2 heteroatoms. The standard InChI is InChI=1S/C17H20O2.C2H6/c1-3-9-15(14-10-5-4-6-11-14)19-17-13-8-7-12-16(17)18-2;1-2/h4-8,10-13,15H,3,9H2,1-2H3;1-2H3. The van der Waals surface area contributed by atoms with E-state index in [1.807, 2.05) is 56.3 Å². The molecule has 114 valence electrons. The Bertz CT molecular complexity index is 494. The highest BCUT2D eigenvalue weighted by Crippen LogP contribution is 2.32. The lowest BCUT2D eigenvalue weighted by molar-refractivity contribution is 0.185. The predicted octanol–water partition coefficient (Wildman–Crippen LogP) is 5.64. The van der Waals surface area contributed by atoms with Crippen LogP contribution in [0.5, 0.6) is 11.5 Å². The van der Waals surface area contributed by atoms with Gasteiger partial charge in [0.2, 0.25) is 0 Å². The average Bonchev–Trinajstić information content (AvgIpc) is 2.57. The number of methoxy groups -OCH3 is 1. The number of hydrogen-bond donors (Lipinski definition) is 0. The minimum absolute atomic E-state index is 0.0718. The lowest BCUT2D eigenvalue weighted by Crippen LogP contribution is -2.08. The van der Waals surface area contributed by atoms with Crippen molar-refractivity contribution in [3.63, 3.8) is 0 Å². The Morgan fingerprint density at radius 3 is 2.00 bits per heavy atom. The topological polar surface area (TPSA) is 18.5 Å². The van der Waals surface area contributed by atoms with Gasteiger partial charge in [-0.1, -0.05) is 69.7 Å². The molecule has 0 heterocycles. The summed E-state index contributed by atoms with van der Waals surface area (Å²) in [4.78, 5) is 0. The van der Waals surface area contributed by atoms with Crippen molar-refractivity contribution in [1.82, 2.24) is 0 Å². The molecule has 2 aromatic rings. The molecule has 0 aliphatic rings. The largest absolute Gasteiger partial charge is 0.493 e. The first-order chi connectivity index (χ1) is 10.3. The number of benzene rings is 2. The number of hydrogen-bond acceptors (Lipinski definition) is 2. The van der Waals surface area contributed by atoms with Gasteiger partial charge in [0, 0.05) is 0 Å². The third-order valence-corrected chi connectivity index (χ3v) is 3.06.